The summed E-state index contributed by atoms with van der Waals surface area (Å²) in [5.41, 5.74) is 0.0848. The van der Waals surface area contributed by atoms with Crippen LogP contribution in [0.4, 0.5) is 19.3 Å². The summed E-state index contributed by atoms with van der Waals surface area (Å²) >= 11 is 0. The van der Waals surface area contributed by atoms with E-state index in [1.807, 2.05) is 0 Å². The van der Waals surface area contributed by atoms with Crippen molar-refractivity contribution in [2.24, 2.45) is 0 Å². The fourth-order valence-corrected chi connectivity index (χ4v) is 3.75. The highest BCUT2D eigenvalue weighted by atomic mass is 32.2. The first-order chi connectivity index (χ1) is 10.6. The zero-order chi connectivity index (χ0) is 17.3. The Morgan fingerprint density at radius 2 is 2.00 bits per heavy atom. The van der Waals surface area contributed by atoms with Gasteiger partial charge in [0.2, 0.25) is 0 Å². The smallest absolute Gasteiger partial charge is 0.321 e. The molecule has 128 valence electrons. The number of urea groups is 1. The number of amides is 2. The molecule has 1 saturated heterocycles. The Balaban J connectivity index is 2.08. The monoisotopic (exact) mass is 346 g/mol. The van der Waals surface area contributed by atoms with Crippen LogP contribution in [0.1, 0.15) is 32.3 Å². The summed E-state index contributed by atoms with van der Waals surface area (Å²) < 4.78 is 48.7. The molecule has 8 heteroatoms. The standard InChI is InChI=1S/C15H20F2N2O3S/c1-15(2)6-7-19(8-9-23(15,21)22)14(20)18-12-5-3-4-11(10-12)13(16)17/h3-5,10,13H,6-9H2,1-2H3,(H,18,20). The van der Waals surface area contributed by atoms with Gasteiger partial charge in [-0.25, -0.2) is 22.0 Å². The van der Waals surface area contributed by atoms with Crippen LogP contribution in [-0.2, 0) is 9.84 Å². The second-order valence-electron chi connectivity index (χ2n) is 6.17. The first kappa shape index (κ1) is 17.7. The average molecular weight is 346 g/mol. The van der Waals surface area contributed by atoms with Gasteiger partial charge < -0.3 is 10.2 Å². The summed E-state index contributed by atoms with van der Waals surface area (Å²) in [6.45, 7) is 3.68. The number of hydrogen-bond acceptors (Lipinski definition) is 3. The lowest BCUT2D eigenvalue weighted by molar-refractivity contribution is 0.151. The topological polar surface area (TPSA) is 66.5 Å². The van der Waals surface area contributed by atoms with E-state index in [4.69, 9.17) is 0 Å². The van der Waals surface area contributed by atoms with Crippen molar-refractivity contribution < 1.29 is 22.0 Å². The quantitative estimate of drug-likeness (QED) is 0.895. The molecule has 1 fully saturated rings. The van der Waals surface area contributed by atoms with Crippen LogP contribution < -0.4 is 5.32 Å². The number of carbonyl (C=O) groups is 1. The highest BCUT2D eigenvalue weighted by Crippen LogP contribution is 2.26. The number of carbonyl (C=O) groups excluding carboxylic acids is 1. The van der Waals surface area contributed by atoms with Crippen LogP contribution in [0, 0.1) is 0 Å². The molecule has 1 aromatic rings. The van der Waals surface area contributed by atoms with Gasteiger partial charge >= 0.3 is 6.03 Å². The summed E-state index contributed by atoms with van der Waals surface area (Å²) in [7, 11) is -3.28. The Morgan fingerprint density at radius 1 is 1.30 bits per heavy atom. The van der Waals surface area contributed by atoms with Gasteiger partial charge in [0.25, 0.3) is 6.43 Å². The number of anilines is 1. The molecule has 0 radical (unpaired) electrons. The van der Waals surface area contributed by atoms with Crippen molar-refractivity contribution in [2.45, 2.75) is 31.4 Å². The van der Waals surface area contributed by atoms with Gasteiger partial charge in [0, 0.05) is 24.3 Å². The Kier molecular flexibility index (Phi) is 4.93. The van der Waals surface area contributed by atoms with Crippen molar-refractivity contribution in [3.63, 3.8) is 0 Å². The Hall–Kier alpha value is -1.70. The highest BCUT2D eigenvalue weighted by molar-refractivity contribution is 7.92. The second-order valence-corrected chi connectivity index (χ2v) is 8.91. The fraction of sp³-hybridized carbons (Fsp3) is 0.533. The Labute approximate surface area is 134 Å². The minimum absolute atomic E-state index is 0.0894. The molecule has 5 nitrogen and oxygen atoms in total. The molecule has 1 aliphatic heterocycles. The summed E-state index contributed by atoms with van der Waals surface area (Å²) in [4.78, 5) is 13.7. The van der Waals surface area contributed by atoms with Crippen LogP contribution in [0.2, 0.25) is 0 Å². The number of alkyl halides is 2. The van der Waals surface area contributed by atoms with Crippen molar-refractivity contribution in [1.29, 1.82) is 0 Å². The molecule has 2 amide bonds. The predicted molar refractivity (Wildman–Crippen MR) is 84.5 cm³/mol. The van der Waals surface area contributed by atoms with Crippen molar-refractivity contribution in [3.05, 3.63) is 29.8 Å². The maximum atomic E-state index is 12.7. The average Bonchev–Trinajstić information content (AvgIpc) is 2.56. The van der Waals surface area contributed by atoms with Gasteiger partial charge in [-0.05, 0) is 32.4 Å². The molecule has 0 saturated carbocycles. The number of sulfone groups is 1. The molecule has 0 aliphatic carbocycles. The number of halogens is 2. The lowest BCUT2D eigenvalue weighted by atomic mass is 10.1. The van der Waals surface area contributed by atoms with Gasteiger partial charge in [-0.3, -0.25) is 0 Å². The van der Waals surface area contributed by atoms with E-state index in [0.717, 1.165) is 0 Å². The third-order valence-corrected chi connectivity index (χ3v) is 6.74. The van der Waals surface area contributed by atoms with Crippen molar-refractivity contribution in [1.82, 2.24) is 4.90 Å². The lowest BCUT2D eigenvalue weighted by Crippen LogP contribution is -2.37. The second kappa shape index (κ2) is 6.43. The molecule has 0 atom stereocenters. The SMILES string of the molecule is CC1(C)CCN(C(=O)Nc2cccc(C(F)F)c2)CCS1(=O)=O. The maximum absolute atomic E-state index is 12.7. The number of benzene rings is 1. The largest absolute Gasteiger partial charge is 0.323 e. The number of rotatable bonds is 2. The molecule has 1 aromatic carbocycles. The van der Waals surface area contributed by atoms with E-state index < -0.39 is 27.0 Å². The van der Waals surface area contributed by atoms with E-state index in [2.05, 4.69) is 5.32 Å². The van der Waals surface area contributed by atoms with Gasteiger partial charge in [0.15, 0.2) is 9.84 Å². The van der Waals surface area contributed by atoms with E-state index >= 15 is 0 Å². The molecule has 0 spiro atoms. The van der Waals surface area contributed by atoms with E-state index in [0.29, 0.717) is 13.0 Å². The van der Waals surface area contributed by atoms with E-state index in [1.165, 1.54) is 29.2 Å². The zero-order valence-electron chi connectivity index (χ0n) is 13.1. The molecule has 23 heavy (non-hydrogen) atoms. The molecule has 0 unspecified atom stereocenters. The first-order valence-corrected chi connectivity index (χ1v) is 8.94. The van der Waals surface area contributed by atoms with Crippen molar-refractivity contribution in [3.8, 4) is 0 Å². The summed E-state index contributed by atoms with van der Waals surface area (Å²) in [5.74, 6) is -0.107. The minimum atomic E-state index is -3.28. The van der Waals surface area contributed by atoms with E-state index in [-0.39, 0.29) is 23.5 Å². The molecular weight excluding hydrogens is 326 g/mol. The molecule has 2 rings (SSSR count). The van der Waals surface area contributed by atoms with Gasteiger partial charge in [0.05, 0.1) is 10.5 Å². The number of nitrogens with one attached hydrogen (secondary N) is 1. The van der Waals surface area contributed by atoms with Gasteiger partial charge in [-0.15, -0.1) is 0 Å². The minimum Gasteiger partial charge on any atom is -0.323 e. The summed E-state index contributed by atoms with van der Waals surface area (Å²) in [6.07, 6.45) is -2.28. The normalized spacial score (nSPS) is 20.1. The van der Waals surface area contributed by atoms with Crippen LogP contribution in [-0.4, -0.2) is 42.9 Å². The summed E-state index contributed by atoms with van der Waals surface area (Å²) in [6, 6.07) is 4.96. The Morgan fingerprint density at radius 3 is 2.65 bits per heavy atom. The number of nitrogens with zero attached hydrogens (tertiary/aromatic N) is 1. The van der Waals surface area contributed by atoms with Crippen LogP contribution >= 0.6 is 0 Å². The van der Waals surface area contributed by atoms with Gasteiger partial charge in [0.1, 0.15) is 0 Å². The van der Waals surface area contributed by atoms with E-state index in [1.54, 1.807) is 13.8 Å². The van der Waals surface area contributed by atoms with Crippen LogP contribution in [0.25, 0.3) is 0 Å². The molecule has 1 N–H and O–H groups in total. The maximum Gasteiger partial charge on any atom is 0.321 e. The lowest BCUT2D eigenvalue weighted by Gasteiger charge is -2.22. The van der Waals surface area contributed by atoms with Gasteiger partial charge in [-0.2, -0.15) is 0 Å². The van der Waals surface area contributed by atoms with Crippen molar-refractivity contribution in [2.75, 3.05) is 24.2 Å². The molecular formula is C15H20F2N2O3S. The Bertz CT molecular complexity index is 690. The third kappa shape index (κ3) is 3.99. The third-order valence-electron chi connectivity index (χ3n) is 4.13. The highest BCUT2D eigenvalue weighted by Gasteiger charge is 2.37. The molecule has 0 aromatic heterocycles. The zero-order valence-corrected chi connectivity index (χ0v) is 13.9. The molecule has 1 aliphatic rings. The van der Waals surface area contributed by atoms with Crippen molar-refractivity contribution >= 4 is 21.6 Å². The first-order valence-electron chi connectivity index (χ1n) is 7.29. The predicted octanol–water partition coefficient (Wildman–Crippen LogP) is 3.06. The fourth-order valence-electron chi connectivity index (χ4n) is 2.34. The van der Waals surface area contributed by atoms with Crippen LogP contribution in [0.15, 0.2) is 24.3 Å². The molecule has 0 bridgehead atoms. The van der Waals surface area contributed by atoms with E-state index in [9.17, 15) is 22.0 Å². The number of hydrogen-bond donors (Lipinski definition) is 1. The molecule has 1 heterocycles. The van der Waals surface area contributed by atoms with Crippen LogP contribution in [0.5, 0.6) is 0 Å². The summed E-state index contributed by atoms with van der Waals surface area (Å²) in [5, 5.41) is 2.55. The van der Waals surface area contributed by atoms with Gasteiger partial charge in [-0.1, -0.05) is 12.1 Å². The van der Waals surface area contributed by atoms with Crippen LogP contribution in [0.3, 0.4) is 0 Å².